The third-order valence-corrected chi connectivity index (χ3v) is 4.10. The zero-order valence-electron chi connectivity index (χ0n) is 12.3. The predicted molar refractivity (Wildman–Crippen MR) is 87.9 cm³/mol. The van der Waals surface area contributed by atoms with E-state index in [2.05, 4.69) is 24.9 Å². The van der Waals surface area contributed by atoms with E-state index in [4.69, 9.17) is 15.5 Å². The molecule has 5 heteroatoms. The number of hydrogen-bond acceptors (Lipinski definition) is 5. The third-order valence-electron chi connectivity index (χ3n) is 3.43. The van der Waals surface area contributed by atoms with Gasteiger partial charge in [-0.2, -0.15) is 0 Å². The van der Waals surface area contributed by atoms with Gasteiger partial charge in [0.2, 0.25) is 0 Å². The highest BCUT2D eigenvalue weighted by Gasteiger charge is 2.13. The summed E-state index contributed by atoms with van der Waals surface area (Å²) in [6.07, 6.45) is 0. The lowest BCUT2D eigenvalue weighted by molar-refractivity contribution is 0.415. The number of methoxy groups -OCH3 is 1. The normalized spacial score (nSPS) is 11.2. The van der Waals surface area contributed by atoms with Crippen molar-refractivity contribution >= 4 is 27.4 Å². The fourth-order valence-corrected chi connectivity index (χ4v) is 2.83. The molecule has 2 N–H and O–H groups in total. The largest absolute Gasteiger partial charge is 0.497 e. The Morgan fingerprint density at radius 2 is 2.00 bits per heavy atom. The van der Waals surface area contributed by atoms with Crippen LogP contribution >= 0.6 is 11.3 Å². The second-order valence-corrected chi connectivity index (χ2v) is 6.09. The van der Waals surface area contributed by atoms with Gasteiger partial charge in [-0.1, -0.05) is 13.8 Å². The highest BCUT2D eigenvalue weighted by molar-refractivity contribution is 7.13. The molecule has 1 aromatic carbocycles. The standard InChI is InChI=1S/C16H17N3OS/c1-9(2)14-7-12(15-8-21-16(17)19-15)11-6-10(20-3)4-5-13(11)18-14/h4-9H,1-3H3,(H2,17,19). The molecular weight excluding hydrogens is 282 g/mol. The van der Waals surface area contributed by atoms with Crippen LogP contribution in [0.3, 0.4) is 0 Å². The average molecular weight is 299 g/mol. The summed E-state index contributed by atoms with van der Waals surface area (Å²) in [5, 5.41) is 3.58. The SMILES string of the molecule is COc1ccc2nc(C(C)C)cc(-c3csc(N)n3)c2c1. The van der Waals surface area contributed by atoms with Gasteiger partial charge in [0.15, 0.2) is 5.13 Å². The molecule has 0 fully saturated rings. The number of nitrogens with zero attached hydrogens (tertiary/aromatic N) is 2. The van der Waals surface area contributed by atoms with E-state index < -0.39 is 0 Å². The van der Waals surface area contributed by atoms with Crippen molar-refractivity contribution in [2.45, 2.75) is 19.8 Å². The smallest absolute Gasteiger partial charge is 0.180 e. The Morgan fingerprint density at radius 1 is 1.19 bits per heavy atom. The summed E-state index contributed by atoms with van der Waals surface area (Å²) in [7, 11) is 1.66. The Balaban J connectivity index is 2.32. The van der Waals surface area contributed by atoms with Crippen LogP contribution in [0.2, 0.25) is 0 Å². The van der Waals surface area contributed by atoms with E-state index in [0.29, 0.717) is 11.0 Å². The van der Waals surface area contributed by atoms with Gasteiger partial charge in [0, 0.05) is 22.0 Å². The molecule has 0 atom stereocenters. The number of nitrogens with two attached hydrogens (primary N) is 1. The molecule has 0 unspecified atom stereocenters. The predicted octanol–water partition coefficient (Wildman–Crippen LogP) is 4.07. The summed E-state index contributed by atoms with van der Waals surface area (Å²) >= 11 is 1.45. The molecule has 0 amide bonds. The molecule has 0 spiro atoms. The molecule has 0 saturated carbocycles. The van der Waals surface area contributed by atoms with Crippen LogP contribution in [0.1, 0.15) is 25.5 Å². The number of rotatable bonds is 3. The zero-order valence-corrected chi connectivity index (χ0v) is 13.1. The molecule has 0 aliphatic heterocycles. The second-order valence-electron chi connectivity index (χ2n) is 5.20. The monoisotopic (exact) mass is 299 g/mol. The van der Waals surface area contributed by atoms with E-state index in [1.807, 2.05) is 23.6 Å². The lowest BCUT2D eigenvalue weighted by atomic mass is 10.0. The number of thiazole rings is 1. The van der Waals surface area contributed by atoms with Crippen LogP contribution in [0.4, 0.5) is 5.13 Å². The van der Waals surface area contributed by atoms with Crippen LogP contribution in [0.15, 0.2) is 29.6 Å². The van der Waals surface area contributed by atoms with Crippen LogP contribution in [-0.4, -0.2) is 17.1 Å². The molecule has 2 heterocycles. The van der Waals surface area contributed by atoms with Gasteiger partial charge in [0.25, 0.3) is 0 Å². The maximum absolute atomic E-state index is 5.78. The van der Waals surface area contributed by atoms with Crippen LogP contribution in [-0.2, 0) is 0 Å². The van der Waals surface area contributed by atoms with Crippen molar-refractivity contribution in [3.63, 3.8) is 0 Å². The van der Waals surface area contributed by atoms with Crippen LogP contribution in [0.5, 0.6) is 5.75 Å². The summed E-state index contributed by atoms with van der Waals surface area (Å²) in [4.78, 5) is 9.15. The highest BCUT2D eigenvalue weighted by atomic mass is 32.1. The number of pyridine rings is 1. The average Bonchev–Trinajstić information content (AvgIpc) is 2.91. The van der Waals surface area contributed by atoms with Crippen molar-refractivity contribution < 1.29 is 4.74 Å². The molecule has 0 saturated heterocycles. The van der Waals surface area contributed by atoms with Crippen molar-refractivity contribution in [1.29, 1.82) is 0 Å². The number of nitrogen functional groups attached to an aromatic ring is 1. The number of anilines is 1. The molecule has 0 radical (unpaired) electrons. The molecule has 0 aliphatic carbocycles. The van der Waals surface area contributed by atoms with E-state index in [0.717, 1.165) is 33.6 Å². The Labute approximate surface area is 127 Å². The Bertz CT molecular complexity index is 795. The third kappa shape index (κ3) is 2.56. The van der Waals surface area contributed by atoms with E-state index in [9.17, 15) is 0 Å². The topological polar surface area (TPSA) is 61.0 Å². The first-order chi connectivity index (χ1) is 10.1. The van der Waals surface area contributed by atoms with Gasteiger partial charge < -0.3 is 10.5 Å². The van der Waals surface area contributed by atoms with E-state index >= 15 is 0 Å². The fourth-order valence-electron chi connectivity index (χ4n) is 2.27. The minimum absolute atomic E-state index is 0.353. The molecule has 21 heavy (non-hydrogen) atoms. The van der Waals surface area contributed by atoms with Gasteiger partial charge in [-0.05, 0) is 30.2 Å². The van der Waals surface area contributed by atoms with Crippen LogP contribution in [0, 0.1) is 0 Å². The minimum Gasteiger partial charge on any atom is -0.497 e. The van der Waals surface area contributed by atoms with Crippen molar-refractivity contribution in [2.75, 3.05) is 12.8 Å². The van der Waals surface area contributed by atoms with E-state index in [-0.39, 0.29) is 0 Å². The Hall–Kier alpha value is -2.14. The molecule has 0 bridgehead atoms. The quantitative estimate of drug-likeness (QED) is 0.792. The molecule has 2 aromatic heterocycles. The van der Waals surface area contributed by atoms with Gasteiger partial charge in [0.1, 0.15) is 5.75 Å². The number of ether oxygens (including phenoxy) is 1. The molecule has 4 nitrogen and oxygen atoms in total. The lowest BCUT2D eigenvalue weighted by Crippen LogP contribution is -1.96. The Morgan fingerprint density at radius 3 is 2.62 bits per heavy atom. The van der Waals surface area contributed by atoms with Crippen molar-refractivity contribution in [1.82, 2.24) is 9.97 Å². The van der Waals surface area contributed by atoms with Crippen molar-refractivity contribution in [3.05, 3.63) is 35.3 Å². The van der Waals surface area contributed by atoms with Gasteiger partial charge >= 0.3 is 0 Å². The first-order valence-electron chi connectivity index (χ1n) is 6.78. The number of hydrogen-bond donors (Lipinski definition) is 1. The summed E-state index contributed by atoms with van der Waals surface area (Å²) in [5.41, 5.74) is 9.72. The molecule has 108 valence electrons. The number of fused-ring (bicyclic) bond motifs is 1. The number of benzene rings is 1. The van der Waals surface area contributed by atoms with Gasteiger partial charge in [-0.25, -0.2) is 4.98 Å². The number of aromatic nitrogens is 2. The van der Waals surface area contributed by atoms with Gasteiger partial charge in [-0.3, -0.25) is 4.98 Å². The highest BCUT2D eigenvalue weighted by Crippen LogP contribution is 2.33. The maximum Gasteiger partial charge on any atom is 0.180 e. The first kappa shape index (κ1) is 13.8. The lowest BCUT2D eigenvalue weighted by Gasteiger charge is -2.11. The summed E-state index contributed by atoms with van der Waals surface area (Å²) in [5.74, 6) is 1.16. The molecule has 3 rings (SSSR count). The molecular formula is C16H17N3OS. The van der Waals surface area contributed by atoms with E-state index in [1.54, 1.807) is 7.11 Å². The first-order valence-corrected chi connectivity index (χ1v) is 7.66. The maximum atomic E-state index is 5.78. The summed E-state index contributed by atoms with van der Waals surface area (Å²) < 4.78 is 5.33. The fraction of sp³-hybridized carbons (Fsp3) is 0.250. The van der Waals surface area contributed by atoms with E-state index in [1.165, 1.54) is 11.3 Å². The van der Waals surface area contributed by atoms with Gasteiger partial charge in [-0.15, -0.1) is 11.3 Å². The summed E-state index contributed by atoms with van der Waals surface area (Å²) in [6, 6.07) is 8.01. The Kier molecular flexibility index (Phi) is 3.51. The zero-order chi connectivity index (χ0) is 15.0. The second kappa shape index (κ2) is 5.33. The molecule has 3 aromatic rings. The van der Waals surface area contributed by atoms with Crippen LogP contribution < -0.4 is 10.5 Å². The summed E-state index contributed by atoms with van der Waals surface area (Å²) in [6.45, 7) is 4.27. The minimum atomic E-state index is 0.353. The van der Waals surface area contributed by atoms with Crippen LogP contribution in [0.25, 0.3) is 22.2 Å². The molecule has 0 aliphatic rings. The van der Waals surface area contributed by atoms with Gasteiger partial charge in [0.05, 0.1) is 18.3 Å². The van der Waals surface area contributed by atoms with Crippen molar-refractivity contribution in [3.8, 4) is 17.0 Å². The van der Waals surface area contributed by atoms with Crippen molar-refractivity contribution in [2.24, 2.45) is 0 Å².